The number of thioether (sulfide) groups is 1. The molecule has 1 N–H and O–H groups in total. The lowest BCUT2D eigenvalue weighted by Crippen LogP contribution is -2.37. The minimum atomic E-state index is 0. The lowest BCUT2D eigenvalue weighted by molar-refractivity contribution is -0.116. The quantitative estimate of drug-likeness (QED) is 0.447. The number of rotatable bonds is 8. The zero-order valence-corrected chi connectivity index (χ0v) is 20.9. The summed E-state index contributed by atoms with van der Waals surface area (Å²) in [5.41, 5.74) is 0.791. The summed E-state index contributed by atoms with van der Waals surface area (Å²) in [5, 5.41) is 4.20. The third-order valence-electron chi connectivity index (χ3n) is 5.96. The average Bonchev–Trinajstić information content (AvgIpc) is 3.17. The van der Waals surface area contributed by atoms with Crippen molar-refractivity contribution in [2.75, 3.05) is 17.6 Å². The minimum absolute atomic E-state index is 0. The Morgan fingerprint density at radius 2 is 1.76 bits per heavy atom. The molecule has 2 aromatic carbocycles. The molecule has 0 spiro atoms. The number of carbonyl (C=O) groups is 1. The predicted octanol–water partition coefficient (Wildman–Crippen LogP) is 6.75. The van der Waals surface area contributed by atoms with E-state index in [1.54, 1.807) is 0 Å². The second kappa shape index (κ2) is 12.9. The van der Waals surface area contributed by atoms with Gasteiger partial charge >= 0.3 is 0 Å². The molecule has 2 aromatic rings. The maximum atomic E-state index is 12.8. The molecule has 1 saturated heterocycles. The Labute approximate surface area is 207 Å². The van der Waals surface area contributed by atoms with E-state index in [2.05, 4.69) is 17.1 Å². The monoisotopic (exact) mass is 487 g/mol. The van der Waals surface area contributed by atoms with Crippen LogP contribution in [0.4, 0.5) is 5.69 Å². The number of hydrogen-bond donors (Lipinski definition) is 1. The minimum Gasteiger partial charge on any atom is -0.457 e. The predicted molar refractivity (Wildman–Crippen MR) is 141 cm³/mol. The molecule has 0 radical (unpaired) electrons. The third kappa shape index (κ3) is 7.41. The molecule has 5 nitrogen and oxygen atoms in total. The number of hydrogen-bond acceptors (Lipinski definition) is 4. The fourth-order valence-electron chi connectivity index (χ4n) is 4.32. The summed E-state index contributed by atoms with van der Waals surface area (Å²) in [6.45, 7) is 3.15. The Bertz CT molecular complexity index is 902. The van der Waals surface area contributed by atoms with E-state index in [1.165, 1.54) is 32.1 Å². The SMILES string of the molecule is CCCN1C(=NC2CCCCC2)SCC1CC(=O)Nc1ccc(Oc2ccccc2)cc1.Cl. The molecule has 33 heavy (non-hydrogen) atoms. The Balaban J connectivity index is 0.00000306. The first-order valence-electron chi connectivity index (χ1n) is 11.8. The highest BCUT2D eigenvalue weighted by Gasteiger charge is 2.32. The van der Waals surface area contributed by atoms with E-state index in [-0.39, 0.29) is 24.4 Å². The van der Waals surface area contributed by atoms with Gasteiger partial charge in [-0.05, 0) is 55.7 Å². The van der Waals surface area contributed by atoms with Gasteiger partial charge in [0, 0.05) is 30.4 Å². The molecule has 1 aliphatic heterocycles. The van der Waals surface area contributed by atoms with Gasteiger partial charge in [0.2, 0.25) is 5.91 Å². The van der Waals surface area contributed by atoms with Crippen LogP contribution in [0.25, 0.3) is 0 Å². The Morgan fingerprint density at radius 3 is 2.45 bits per heavy atom. The van der Waals surface area contributed by atoms with Gasteiger partial charge in [0.1, 0.15) is 11.5 Å². The highest BCUT2D eigenvalue weighted by Crippen LogP contribution is 2.30. The van der Waals surface area contributed by atoms with Crippen molar-refractivity contribution in [3.63, 3.8) is 0 Å². The van der Waals surface area contributed by atoms with Gasteiger partial charge in [-0.25, -0.2) is 0 Å². The molecule has 7 heteroatoms. The maximum absolute atomic E-state index is 12.8. The number of carbonyl (C=O) groups excluding carboxylic acids is 1. The standard InChI is InChI=1S/C26H33N3O2S.ClH/c1-2-17-29-22(19-32-26(29)28-20-9-5-3-6-10-20)18-25(30)27-21-13-15-24(16-14-21)31-23-11-7-4-8-12-23;/h4,7-8,11-16,20,22H,2-3,5-6,9-10,17-19H2,1H3,(H,27,30);1H. The van der Waals surface area contributed by atoms with Crippen LogP contribution in [-0.4, -0.2) is 40.4 Å². The van der Waals surface area contributed by atoms with Gasteiger partial charge in [-0.3, -0.25) is 9.79 Å². The van der Waals surface area contributed by atoms with Crippen molar-refractivity contribution < 1.29 is 9.53 Å². The van der Waals surface area contributed by atoms with Crippen molar-refractivity contribution in [3.8, 4) is 11.5 Å². The Hall–Kier alpha value is -2.18. The van der Waals surface area contributed by atoms with Gasteiger partial charge in [-0.1, -0.05) is 56.1 Å². The van der Waals surface area contributed by atoms with E-state index < -0.39 is 0 Å². The van der Waals surface area contributed by atoms with E-state index >= 15 is 0 Å². The first-order chi connectivity index (χ1) is 15.7. The topological polar surface area (TPSA) is 53.9 Å². The van der Waals surface area contributed by atoms with Gasteiger partial charge in [0.15, 0.2) is 5.17 Å². The molecule has 1 unspecified atom stereocenters. The molecule has 1 saturated carbocycles. The molecule has 0 aromatic heterocycles. The molecule has 2 aliphatic rings. The zero-order valence-electron chi connectivity index (χ0n) is 19.2. The number of para-hydroxylation sites is 1. The summed E-state index contributed by atoms with van der Waals surface area (Å²) in [6.07, 6.45) is 7.89. The molecule has 1 heterocycles. The highest BCUT2D eigenvalue weighted by atomic mass is 35.5. The van der Waals surface area contributed by atoms with Crippen LogP contribution in [0, 0.1) is 0 Å². The number of benzene rings is 2. The van der Waals surface area contributed by atoms with E-state index in [4.69, 9.17) is 9.73 Å². The fraction of sp³-hybridized carbons (Fsp3) is 0.462. The normalized spacial score (nSPS) is 19.8. The van der Waals surface area contributed by atoms with E-state index in [0.29, 0.717) is 12.5 Å². The highest BCUT2D eigenvalue weighted by molar-refractivity contribution is 8.14. The Morgan fingerprint density at radius 1 is 1.06 bits per heavy atom. The van der Waals surface area contributed by atoms with E-state index in [0.717, 1.165) is 41.1 Å². The maximum Gasteiger partial charge on any atom is 0.226 e. The van der Waals surface area contributed by atoms with Crippen molar-refractivity contribution in [1.82, 2.24) is 4.90 Å². The number of aliphatic imine (C=N–C) groups is 1. The Kier molecular flexibility index (Phi) is 9.95. The number of amides is 1. The molecule has 178 valence electrons. The summed E-state index contributed by atoms with van der Waals surface area (Å²) in [7, 11) is 0. The second-order valence-corrected chi connectivity index (χ2v) is 9.54. The van der Waals surface area contributed by atoms with Crippen molar-refractivity contribution in [3.05, 3.63) is 54.6 Å². The fourth-order valence-corrected chi connectivity index (χ4v) is 5.59. The van der Waals surface area contributed by atoms with Crippen LogP contribution in [0.15, 0.2) is 59.6 Å². The summed E-state index contributed by atoms with van der Waals surface area (Å²) in [4.78, 5) is 20.2. The van der Waals surface area contributed by atoms with Crippen LogP contribution in [0.3, 0.4) is 0 Å². The van der Waals surface area contributed by atoms with Crippen LogP contribution < -0.4 is 10.1 Å². The van der Waals surface area contributed by atoms with Crippen LogP contribution in [-0.2, 0) is 4.79 Å². The van der Waals surface area contributed by atoms with Gasteiger partial charge in [0.05, 0.1) is 6.04 Å². The smallest absolute Gasteiger partial charge is 0.226 e. The molecule has 1 amide bonds. The van der Waals surface area contributed by atoms with Crippen molar-refractivity contribution in [2.24, 2.45) is 4.99 Å². The first-order valence-corrected chi connectivity index (χ1v) is 12.8. The number of nitrogens with one attached hydrogen (secondary N) is 1. The van der Waals surface area contributed by atoms with Crippen molar-refractivity contribution >= 4 is 40.9 Å². The number of halogens is 1. The molecule has 0 bridgehead atoms. The number of amidine groups is 1. The average molecular weight is 488 g/mol. The molecule has 4 rings (SSSR count). The second-order valence-electron chi connectivity index (χ2n) is 8.55. The van der Waals surface area contributed by atoms with Crippen LogP contribution in [0.5, 0.6) is 11.5 Å². The third-order valence-corrected chi connectivity index (χ3v) is 7.11. The summed E-state index contributed by atoms with van der Waals surface area (Å²) in [5.74, 6) is 2.53. The molecular formula is C26H34ClN3O2S. The van der Waals surface area contributed by atoms with Gasteiger partial charge in [-0.15, -0.1) is 12.4 Å². The molecule has 2 fully saturated rings. The lowest BCUT2D eigenvalue weighted by Gasteiger charge is -2.27. The van der Waals surface area contributed by atoms with Gasteiger partial charge < -0.3 is 15.0 Å². The van der Waals surface area contributed by atoms with Gasteiger partial charge in [-0.2, -0.15) is 0 Å². The van der Waals surface area contributed by atoms with Crippen molar-refractivity contribution in [2.45, 2.75) is 64.0 Å². The number of ether oxygens (including phenoxy) is 1. The molecule has 1 aliphatic carbocycles. The lowest BCUT2D eigenvalue weighted by atomic mass is 9.96. The number of anilines is 1. The molecule has 1 atom stereocenters. The first kappa shape index (κ1) is 25.4. The van der Waals surface area contributed by atoms with Crippen molar-refractivity contribution in [1.29, 1.82) is 0 Å². The van der Waals surface area contributed by atoms with Crippen LogP contribution in [0.2, 0.25) is 0 Å². The number of nitrogens with zero attached hydrogens (tertiary/aromatic N) is 2. The molecular weight excluding hydrogens is 454 g/mol. The summed E-state index contributed by atoms with van der Waals surface area (Å²) in [6, 6.07) is 17.9. The summed E-state index contributed by atoms with van der Waals surface area (Å²) < 4.78 is 5.83. The van der Waals surface area contributed by atoms with Crippen LogP contribution in [0.1, 0.15) is 51.9 Å². The van der Waals surface area contributed by atoms with E-state index in [1.807, 2.05) is 66.4 Å². The summed E-state index contributed by atoms with van der Waals surface area (Å²) >= 11 is 1.82. The zero-order chi connectivity index (χ0) is 22.2. The van der Waals surface area contributed by atoms with E-state index in [9.17, 15) is 4.79 Å². The van der Waals surface area contributed by atoms with Crippen LogP contribution >= 0.6 is 24.2 Å². The largest absolute Gasteiger partial charge is 0.457 e. The van der Waals surface area contributed by atoms with Gasteiger partial charge in [0.25, 0.3) is 0 Å².